The van der Waals surface area contributed by atoms with Gasteiger partial charge in [0.25, 0.3) is 0 Å². The normalized spacial score (nSPS) is 16.0. The van der Waals surface area contributed by atoms with Gasteiger partial charge in [0, 0.05) is 26.9 Å². The predicted octanol–water partition coefficient (Wildman–Crippen LogP) is 1.22. The molecule has 1 amide bonds. The van der Waals surface area contributed by atoms with E-state index < -0.39 is 0 Å². The van der Waals surface area contributed by atoms with Gasteiger partial charge < -0.3 is 4.90 Å². The SMILES string of the molecule is CN(C)C=O.O=C1CCCCC1. The Bertz CT molecular complexity index is 135. The molecule has 0 aromatic rings. The first-order valence-electron chi connectivity index (χ1n) is 4.30. The topological polar surface area (TPSA) is 37.4 Å². The molecule has 1 rings (SSSR count). The van der Waals surface area contributed by atoms with E-state index in [9.17, 15) is 9.59 Å². The summed E-state index contributed by atoms with van der Waals surface area (Å²) in [6, 6.07) is 0. The Morgan fingerprint density at radius 3 is 1.75 bits per heavy atom. The number of Topliss-reactive ketones (excluding diaryl/α,β-unsaturated/α-hetero) is 1. The number of hydrogen-bond donors (Lipinski definition) is 0. The lowest BCUT2D eigenvalue weighted by molar-refractivity contribution is -0.120. The van der Waals surface area contributed by atoms with Crippen LogP contribution in [0.2, 0.25) is 0 Å². The monoisotopic (exact) mass is 171 g/mol. The molecule has 70 valence electrons. The Morgan fingerprint density at radius 1 is 1.17 bits per heavy atom. The van der Waals surface area contributed by atoms with Crippen LogP contribution in [-0.4, -0.2) is 31.2 Å². The summed E-state index contributed by atoms with van der Waals surface area (Å²) in [5.41, 5.74) is 0. The van der Waals surface area contributed by atoms with Crippen molar-refractivity contribution in [2.24, 2.45) is 0 Å². The van der Waals surface area contributed by atoms with E-state index in [-0.39, 0.29) is 0 Å². The molecule has 3 nitrogen and oxygen atoms in total. The van der Waals surface area contributed by atoms with E-state index in [0.717, 1.165) is 32.1 Å². The summed E-state index contributed by atoms with van der Waals surface area (Å²) in [5, 5.41) is 0. The van der Waals surface area contributed by atoms with Gasteiger partial charge in [0.15, 0.2) is 0 Å². The van der Waals surface area contributed by atoms with Crippen LogP contribution in [0.1, 0.15) is 32.1 Å². The first-order valence-corrected chi connectivity index (χ1v) is 4.30. The third-order valence-corrected chi connectivity index (χ3v) is 1.62. The van der Waals surface area contributed by atoms with Gasteiger partial charge >= 0.3 is 0 Å². The molecule has 0 spiro atoms. The van der Waals surface area contributed by atoms with Gasteiger partial charge in [0.1, 0.15) is 5.78 Å². The highest BCUT2D eigenvalue weighted by Crippen LogP contribution is 2.12. The smallest absolute Gasteiger partial charge is 0.209 e. The zero-order valence-electron chi connectivity index (χ0n) is 7.88. The van der Waals surface area contributed by atoms with E-state index >= 15 is 0 Å². The van der Waals surface area contributed by atoms with Crippen molar-refractivity contribution in [1.29, 1.82) is 0 Å². The van der Waals surface area contributed by atoms with Crippen molar-refractivity contribution in [2.75, 3.05) is 14.1 Å². The Balaban J connectivity index is 0.000000217. The average Bonchev–Trinajstić information content (AvgIpc) is 2.07. The number of ketones is 1. The van der Waals surface area contributed by atoms with Crippen LogP contribution in [0.15, 0.2) is 0 Å². The van der Waals surface area contributed by atoms with Gasteiger partial charge in [-0.25, -0.2) is 0 Å². The van der Waals surface area contributed by atoms with Gasteiger partial charge in [0.2, 0.25) is 6.41 Å². The van der Waals surface area contributed by atoms with Crippen LogP contribution in [-0.2, 0) is 9.59 Å². The minimum atomic E-state index is 0.464. The van der Waals surface area contributed by atoms with Crippen LogP contribution in [0.25, 0.3) is 0 Å². The quantitative estimate of drug-likeness (QED) is 0.556. The minimum absolute atomic E-state index is 0.464. The molecule has 0 heterocycles. The van der Waals surface area contributed by atoms with Crippen molar-refractivity contribution >= 4 is 12.2 Å². The van der Waals surface area contributed by atoms with Crippen LogP contribution >= 0.6 is 0 Å². The summed E-state index contributed by atoms with van der Waals surface area (Å²) in [7, 11) is 3.38. The summed E-state index contributed by atoms with van der Waals surface area (Å²) in [4.78, 5) is 21.3. The second-order valence-corrected chi connectivity index (χ2v) is 3.17. The van der Waals surface area contributed by atoms with Gasteiger partial charge in [-0.1, -0.05) is 6.42 Å². The van der Waals surface area contributed by atoms with Crippen LogP contribution in [0.5, 0.6) is 0 Å². The number of amides is 1. The van der Waals surface area contributed by atoms with Crippen LogP contribution in [0.3, 0.4) is 0 Å². The molecule has 12 heavy (non-hydrogen) atoms. The van der Waals surface area contributed by atoms with Gasteiger partial charge in [0.05, 0.1) is 0 Å². The second-order valence-electron chi connectivity index (χ2n) is 3.17. The van der Waals surface area contributed by atoms with E-state index in [1.165, 1.54) is 11.3 Å². The van der Waals surface area contributed by atoms with Gasteiger partial charge in [-0.05, 0) is 12.8 Å². The summed E-state index contributed by atoms with van der Waals surface area (Å²) in [6.45, 7) is 0. The molecule has 0 saturated heterocycles. The maximum atomic E-state index is 10.5. The van der Waals surface area contributed by atoms with Gasteiger partial charge in [-0.2, -0.15) is 0 Å². The molecule has 0 radical (unpaired) electrons. The number of carbonyl (C=O) groups excluding carboxylic acids is 2. The minimum Gasteiger partial charge on any atom is -0.351 e. The second kappa shape index (κ2) is 6.83. The fraction of sp³-hybridized carbons (Fsp3) is 0.778. The molecular weight excluding hydrogens is 154 g/mol. The lowest BCUT2D eigenvalue weighted by Crippen LogP contribution is -2.06. The first-order chi connectivity index (χ1) is 5.66. The molecule has 1 fully saturated rings. The zero-order chi connectivity index (χ0) is 9.40. The third kappa shape index (κ3) is 7.25. The fourth-order valence-corrected chi connectivity index (χ4v) is 0.946. The molecular formula is C9H17NO2. The molecule has 0 unspecified atom stereocenters. The third-order valence-electron chi connectivity index (χ3n) is 1.62. The summed E-state index contributed by atoms with van der Waals surface area (Å²) < 4.78 is 0. The van der Waals surface area contributed by atoms with Crippen molar-refractivity contribution in [3.63, 3.8) is 0 Å². The highest BCUT2D eigenvalue weighted by molar-refractivity contribution is 5.78. The van der Waals surface area contributed by atoms with E-state index in [4.69, 9.17) is 0 Å². The van der Waals surface area contributed by atoms with E-state index in [0.29, 0.717) is 5.78 Å². The van der Waals surface area contributed by atoms with Crippen molar-refractivity contribution in [2.45, 2.75) is 32.1 Å². The molecule has 3 heteroatoms. The standard InChI is InChI=1S/C6H10O.C3H7NO/c7-6-4-2-1-3-5-6;1-4(2)3-5/h1-5H2;3H,1-2H3. The molecule has 0 aromatic carbocycles. The summed E-state index contributed by atoms with van der Waals surface area (Å²) in [5.74, 6) is 0.464. The van der Waals surface area contributed by atoms with Crippen LogP contribution in [0, 0.1) is 0 Å². The highest BCUT2D eigenvalue weighted by atomic mass is 16.1. The molecule has 0 atom stereocenters. The van der Waals surface area contributed by atoms with E-state index in [1.54, 1.807) is 14.1 Å². The molecule has 1 aliphatic rings. The lowest BCUT2D eigenvalue weighted by Gasteiger charge is -2.05. The Hall–Kier alpha value is -0.860. The van der Waals surface area contributed by atoms with Gasteiger partial charge in [-0.3, -0.25) is 9.59 Å². The largest absolute Gasteiger partial charge is 0.351 e. The molecule has 0 aliphatic heterocycles. The summed E-state index contributed by atoms with van der Waals surface area (Å²) in [6.07, 6.45) is 5.99. The molecule has 0 N–H and O–H groups in total. The maximum absolute atomic E-state index is 10.5. The van der Waals surface area contributed by atoms with Gasteiger partial charge in [-0.15, -0.1) is 0 Å². The number of carbonyl (C=O) groups is 2. The average molecular weight is 171 g/mol. The zero-order valence-corrected chi connectivity index (χ0v) is 7.88. The van der Waals surface area contributed by atoms with Crippen LogP contribution in [0.4, 0.5) is 0 Å². The highest BCUT2D eigenvalue weighted by Gasteiger charge is 2.05. The number of nitrogens with zero attached hydrogens (tertiary/aromatic N) is 1. The molecule has 0 bridgehead atoms. The lowest BCUT2D eigenvalue weighted by atomic mass is 10.00. The molecule has 1 saturated carbocycles. The fourth-order valence-electron chi connectivity index (χ4n) is 0.946. The Labute approximate surface area is 73.7 Å². The van der Waals surface area contributed by atoms with E-state index in [1.807, 2.05) is 0 Å². The van der Waals surface area contributed by atoms with Crippen molar-refractivity contribution in [1.82, 2.24) is 4.90 Å². The predicted molar refractivity (Wildman–Crippen MR) is 47.8 cm³/mol. The Morgan fingerprint density at radius 2 is 1.58 bits per heavy atom. The molecule has 0 aromatic heterocycles. The molecule has 1 aliphatic carbocycles. The van der Waals surface area contributed by atoms with Crippen molar-refractivity contribution in [3.05, 3.63) is 0 Å². The number of rotatable bonds is 1. The van der Waals surface area contributed by atoms with Crippen molar-refractivity contribution in [3.8, 4) is 0 Å². The Kier molecular flexibility index (Phi) is 6.34. The number of hydrogen-bond acceptors (Lipinski definition) is 2. The van der Waals surface area contributed by atoms with Crippen LogP contribution < -0.4 is 0 Å². The summed E-state index contributed by atoms with van der Waals surface area (Å²) >= 11 is 0. The maximum Gasteiger partial charge on any atom is 0.209 e. The first kappa shape index (κ1) is 11.1. The van der Waals surface area contributed by atoms with E-state index in [2.05, 4.69) is 0 Å². The van der Waals surface area contributed by atoms with Crippen molar-refractivity contribution < 1.29 is 9.59 Å².